The van der Waals surface area contributed by atoms with Crippen LogP contribution in [-0.2, 0) is 4.79 Å². The molecule has 1 N–H and O–H groups in total. The molecule has 16 heavy (non-hydrogen) atoms. The van der Waals surface area contributed by atoms with Gasteiger partial charge in [-0.1, -0.05) is 6.92 Å². The van der Waals surface area contributed by atoms with Crippen molar-refractivity contribution in [2.45, 2.75) is 57.5 Å². The number of nitrogens with one attached hydrogen (secondary N) is 1. The number of carbonyl (C=O) groups is 1. The van der Waals surface area contributed by atoms with E-state index in [9.17, 15) is 4.79 Å². The minimum absolute atomic E-state index is 0.275. The van der Waals surface area contributed by atoms with Gasteiger partial charge in [-0.3, -0.25) is 4.79 Å². The fourth-order valence-electron chi connectivity index (χ4n) is 3.18. The van der Waals surface area contributed by atoms with Crippen molar-refractivity contribution in [3.8, 4) is 0 Å². The molecule has 0 saturated carbocycles. The van der Waals surface area contributed by atoms with E-state index in [-0.39, 0.29) is 5.91 Å². The van der Waals surface area contributed by atoms with E-state index in [1.807, 2.05) is 18.9 Å². The number of carbonyl (C=O) groups excluding carboxylic acids is 1. The summed E-state index contributed by atoms with van der Waals surface area (Å²) in [5.41, 5.74) is 0. The lowest BCUT2D eigenvalue weighted by molar-refractivity contribution is -0.129. The number of piperidine rings is 1. The highest BCUT2D eigenvalue weighted by Gasteiger charge is 2.33. The lowest BCUT2D eigenvalue weighted by Crippen LogP contribution is -2.39. The van der Waals surface area contributed by atoms with Gasteiger partial charge >= 0.3 is 0 Å². The van der Waals surface area contributed by atoms with Gasteiger partial charge in [0.05, 0.1) is 0 Å². The quantitative estimate of drug-likeness (QED) is 0.789. The Balaban J connectivity index is 1.72. The Hall–Kier alpha value is -0.570. The molecule has 2 aliphatic heterocycles. The average molecular weight is 224 g/mol. The van der Waals surface area contributed by atoms with E-state index < -0.39 is 0 Å². The van der Waals surface area contributed by atoms with Crippen LogP contribution >= 0.6 is 0 Å². The van der Waals surface area contributed by atoms with Crippen LogP contribution in [0.4, 0.5) is 0 Å². The summed E-state index contributed by atoms with van der Waals surface area (Å²) in [6.07, 6.45) is 7.20. The van der Waals surface area contributed by atoms with E-state index in [4.69, 9.17) is 0 Å². The van der Waals surface area contributed by atoms with E-state index in [1.54, 1.807) is 0 Å². The van der Waals surface area contributed by atoms with Crippen LogP contribution in [-0.4, -0.2) is 36.5 Å². The summed E-state index contributed by atoms with van der Waals surface area (Å²) in [7, 11) is 1.93. The highest BCUT2D eigenvalue weighted by atomic mass is 16.2. The number of hydrogen-bond donors (Lipinski definition) is 1. The zero-order chi connectivity index (χ0) is 11.5. The van der Waals surface area contributed by atoms with Gasteiger partial charge in [-0.2, -0.15) is 0 Å². The van der Waals surface area contributed by atoms with Gasteiger partial charge in [-0.25, -0.2) is 0 Å². The van der Waals surface area contributed by atoms with Gasteiger partial charge in [0.15, 0.2) is 0 Å². The Morgan fingerprint density at radius 3 is 2.50 bits per heavy atom. The first-order chi connectivity index (χ1) is 7.69. The number of amides is 1. The topological polar surface area (TPSA) is 32.3 Å². The lowest BCUT2D eigenvalue weighted by atomic mass is 9.89. The molecular formula is C13H24N2O. The first-order valence-electron chi connectivity index (χ1n) is 6.69. The summed E-state index contributed by atoms with van der Waals surface area (Å²) in [6, 6.07) is 1.55. The van der Waals surface area contributed by atoms with Crippen molar-refractivity contribution in [3.05, 3.63) is 0 Å². The van der Waals surface area contributed by atoms with Crippen molar-refractivity contribution in [1.29, 1.82) is 0 Å². The maximum Gasteiger partial charge on any atom is 0.222 e. The second kappa shape index (κ2) is 5.17. The van der Waals surface area contributed by atoms with Crippen LogP contribution in [0.3, 0.4) is 0 Å². The van der Waals surface area contributed by atoms with Gasteiger partial charge in [0.1, 0.15) is 0 Å². The molecular weight excluding hydrogens is 200 g/mol. The van der Waals surface area contributed by atoms with Crippen molar-refractivity contribution in [2.75, 3.05) is 13.6 Å². The number of fused-ring (bicyclic) bond motifs is 2. The van der Waals surface area contributed by atoms with Crippen LogP contribution in [0.2, 0.25) is 0 Å². The molecule has 1 amide bonds. The van der Waals surface area contributed by atoms with Crippen molar-refractivity contribution >= 4 is 5.91 Å². The Labute approximate surface area is 98.6 Å². The van der Waals surface area contributed by atoms with Crippen LogP contribution in [0, 0.1) is 5.92 Å². The summed E-state index contributed by atoms with van der Waals surface area (Å²) in [5.74, 6) is 1.11. The molecule has 0 aromatic rings. The maximum absolute atomic E-state index is 11.4. The standard InChI is InChI=1S/C13H24N2O/c1-3-13(16)15(2)7-6-10-8-11-4-5-12(9-10)14-11/h10-12,14H,3-9H2,1-2H3. The van der Waals surface area contributed by atoms with Crippen LogP contribution in [0.15, 0.2) is 0 Å². The van der Waals surface area contributed by atoms with Gasteiger partial charge in [0.2, 0.25) is 5.91 Å². The third-order valence-electron chi connectivity index (χ3n) is 4.17. The van der Waals surface area contributed by atoms with Crippen LogP contribution in [0.5, 0.6) is 0 Å². The maximum atomic E-state index is 11.4. The predicted octanol–water partition coefficient (Wildman–Crippen LogP) is 1.78. The van der Waals surface area contributed by atoms with Crippen molar-refractivity contribution in [2.24, 2.45) is 5.92 Å². The molecule has 92 valence electrons. The first-order valence-corrected chi connectivity index (χ1v) is 6.69. The molecule has 2 fully saturated rings. The smallest absolute Gasteiger partial charge is 0.222 e. The Morgan fingerprint density at radius 1 is 1.31 bits per heavy atom. The second-order valence-electron chi connectivity index (χ2n) is 5.43. The van der Waals surface area contributed by atoms with Crippen molar-refractivity contribution in [3.63, 3.8) is 0 Å². The number of rotatable bonds is 4. The summed E-state index contributed by atoms with van der Waals surface area (Å²) >= 11 is 0. The van der Waals surface area contributed by atoms with Gasteiger partial charge < -0.3 is 10.2 Å². The molecule has 2 atom stereocenters. The van der Waals surface area contributed by atoms with Gasteiger partial charge in [0, 0.05) is 32.1 Å². The predicted molar refractivity (Wildman–Crippen MR) is 65.2 cm³/mol. The molecule has 0 aromatic heterocycles. The van der Waals surface area contributed by atoms with Crippen molar-refractivity contribution < 1.29 is 4.79 Å². The molecule has 3 heteroatoms. The minimum atomic E-state index is 0.275. The highest BCUT2D eigenvalue weighted by molar-refractivity contribution is 5.75. The molecule has 2 bridgehead atoms. The third-order valence-corrected chi connectivity index (χ3v) is 4.17. The molecule has 0 aromatic carbocycles. The van der Waals surface area contributed by atoms with Crippen LogP contribution in [0.25, 0.3) is 0 Å². The highest BCUT2D eigenvalue weighted by Crippen LogP contribution is 2.32. The zero-order valence-electron chi connectivity index (χ0n) is 10.5. The molecule has 0 spiro atoms. The largest absolute Gasteiger partial charge is 0.346 e. The van der Waals surface area contributed by atoms with E-state index >= 15 is 0 Å². The summed E-state index contributed by atoms with van der Waals surface area (Å²) in [6.45, 7) is 2.88. The summed E-state index contributed by atoms with van der Waals surface area (Å²) < 4.78 is 0. The summed E-state index contributed by atoms with van der Waals surface area (Å²) in [4.78, 5) is 13.3. The molecule has 2 unspecified atom stereocenters. The molecule has 0 aliphatic carbocycles. The van der Waals surface area contributed by atoms with E-state index in [0.717, 1.165) is 24.5 Å². The Kier molecular flexibility index (Phi) is 3.85. The van der Waals surface area contributed by atoms with Gasteiger partial charge in [0.25, 0.3) is 0 Å². The Morgan fingerprint density at radius 2 is 1.94 bits per heavy atom. The fourth-order valence-corrected chi connectivity index (χ4v) is 3.18. The van der Waals surface area contributed by atoms with Crippen molar-refractivity contribution in [1.82, 2.24) is 10.2 Å². The minimum Gasteiger partial charge on any atom is -0.346 e. The second-order valence-corrected chi connectivity index (χ2v) is 5.43. The van der Waals surface area contributed by atoms with Crippen LogP contribution in [0.1, 0.15) is 45.4 Å². The zero-order valence-corrected chi connectivity index (χ0v) is 10.5. The monoisotopic (exact) mass is 224 g/mol. The van der Waals surface area contributed by atoms with Gasteiger partial charge in [-0.15, -0.1) is 0 Å². The SMILES string of the molecule is CCC(=O)N(C)CCC1CC2CCC(C1)N2. The molecule has 3 nitrogen and oxygen atoms in total. The molecule has 0 radical (unpaired) electrons. The van der Waals surface area contributed by atoms with E-state index in [0.29, 0.717) is 6.42 Å². The van der Waals surface area contributed by atoms with Crippen LogP contribution < -0.4 is 5.32 Å². The lowest BCUT2D eigenvalue weighted by Gasteiger charge is -2.30. The summed E-state index contributed by atoms with van der Waals surface area (Å²) in [5, 5.41) is 3.66. The van der Waals surface area contributed by atoms with E-state index in [1.165, 1.54) is 32.1 Å². The van der Waals surface area contributed by atoms with E-state index in [2.05, 4.69) is 5.32 Å². The average Bonchev–Trinajstić information content (AvgIpc) is 2.64. The Bertz CT molecular complexity index is 242. The first kappa shape index (κ1) is 11.9. The fraction of sp³-hybridized carbons (Fsp3) is 0.923. The third kappa shape index (κ3) is 2.76. The molecule has 2 heterocycles. The normalized spacial score (nSPS) is 32.8. The molecule has 2 rings (SSSR count). The van der Waals surface area contributed by atoms with Gasteiger partial charge in [-0.05, 0) is 38.0 Å². The molecule has 2 aliphatic rings. The molecule has 2 saturated heterocycles. The number of hydrogen-bond acceptors (Lipinski definition) is 2. The number of nitrogens with zero attached hydrogens (tertiary/aromatic N) is 1.